The van der Waals surface area contributed by atoms with Gasteiger partial charge in [-0.05, 0) is 42.3 Å². The van der Waals surface area contributed by atoms with Crippen LogP contribution >= 0.6 is 11.8 Å². The Balaban J connectivity index is 0.00000235. The molecule has 0 bridgehead atoms. The predicted molar refractivity (Wildman–Crippen MR) is 138 cm³/mol. The van der Waals surface area contributed by atoms with Crippen LogP contribution in [0.4, 0.5) is 13.2 Å². The van der Waals surface area contributed by atoms with E-state index in [0.717, 1.165) is 28.2 Å². The van der Waals surface area contributed by atoms with Crippen molar-refractivity contribution in [2.24, 2.45) is 0 Å². The predicted octanol–water partition coefficient (Wildman–Crippen LogP) is 7.47. The van der Waals surface area contributed by atoms with Crippen LogP contribution in [0.25, 0.3) is 0 Å². The van der Waals surface area contributed by atoms with Gasteiger partial charge >= 0.3 is 12.1 Å². The molecule has 9 heteroatoms. The fourth-order valence-electron chi connectivity index (χ4n) is 3.14. The van der Waals surface area contributed by atoms with Crippen molar-refractivity contribution in [3.05, 3.63) is 82.9 Å². The van der Waals surface area contributed by atoms with Crippen LogP contribution in [0.5, 0.6) is 17.2 Å². The Hall–Kier alpha value is -3.33. The maximum Gasteiger partial charge on any atom is 0.416 e. The number of alkyl halides is 3. The van der Waals surface area contributed by atoms with E-state index in [-0.39, 0.29) is 13.2 Å². The molecule has 0 saturated carbocycles. The minimum atomic E-state index is -4.37. The first kappa shape index (κ1) is 29.9. The third-order valence-electron chi connectivity index (χ3n) is 5.07. The van der Waals surface area contributed by atoms with Crippen molar-refractivity contribution in [3.63, 3.8) is 0 Å². The summed E-state index contributed by atoms with van der Waals surface area (Å²) in [5, 5.41) is 0. The van der Waals surface area contributed by atoms with E-state index in [4.69, 9.17) is 14.2 Å². The Morgan fingerprint density at radius 2 is 1.57 bits per heavy atom. The van der Waals surface area contributed by atoms with Crippen LogP contribution in [0.3, 0.4) is 0 Å². The summed E-state index contributed by atoms with van der Waals surface area (Å²) < 4.78 is 59.8. The molecule has 0 unspecified atom stereocenters. The maximum atomic E-state index is 12.8. The van der Waals surface area contributed by atoms with Crippen molar-refractivity contribution in [3.8, 4) is 17.2 Å². The van der Waals surface area contributed by atoms with Gasteiger partial charge in [-0.2, -0.15) is 13.2 Å². The van der Waals surface area contributed by atoms with Crippen LogP contribution in [-0.2, 0) is 28.1 Å². The van der Waals surface area contributed by atoms with Crippen molar-refractivity contribution >= 4 is 17.7 Å². The van der Waals surface area contributed by atoms with Crippen LogP contribution in [-0.4, -0.2) is 26.8 Å². The monoisotopic (exact) mass is 536 g/mol. The van der Waals surface area contributed by atoms with Gasteiger partial charge in [0.2, 0.25) is 0 Å². The molecule has 0 N–H and O–H groups in total. The van der Waals surface area contributed by atoms with Crippen molar-refractivity contribution in [1.82, 2.24) is 0 Å². The molecule has 200 valence electrons. The first-order chi connectivity index (χ1) is 17.7. The van der Waals surface area contributed by atoms with Crippen LogP contribution in [0.2, 0.25) is 0 Å². The molecule has 0 spiro atoms. The number of ether oxygens (including phenoxy) is 4. The van der Waals surface area contributed by atoms with Crippen LogP contribution in [0, 0.1) is 6.92 Å². The Morgan fingerprint density at radius 3 is 2.19 bits per heavy atom. The summed E-state index contributed by atoms with van der Waals surface area (Å²) in [7, 11) is 2.85. The second kappa shape index (κ2) is 14.4. The van der Waals surface area contributed by atoms with Crippen LogP contribution < -0.4 is 14.2 Å². The number of para-hydroxylation sites is 1. The minimum absolute atomic E-state index is 0.147. The second-order valence-electron chi connectivity index (χ2n) is 7.51. The average molecular weight is 537 g/mol. The zero-order chi connectivity index (χ0) is 27.4. The summed E-state index contributed by atoms with van der Waals surface area (Å²) in [6.07, 6.45) is -4.37. The molecule has 0 fully saturated rings. The number of methoxy groups -OCH3 is 2. The van der Waals surface area contributed by atoms with E-state index in [1.165, 1.54) is 31.0 Å². The fourth-order valence-corrected chi connectivity index (χ4v) is 4.23. The third-order valence-corrected chi connectivity index (χ3v) is 6.15. The largest absolute Gasteiger partial charge is 0.495 e. The van der Waals surface area contributed by atoms with Gasteiger partial charge in [0, 0.05) is 17.4 Å². The summed E-state index contributed by atoms with van der Waals surface area (Å²) in [5.41, 5.74) is 1.71. The summed E-state index contributed by atoms with van der Waals surface area (Å²) in [5.74, 6) is 1.87. The molecule has 0 amide bonds. The van der Waals surface area contributed by atoms with Crippen molar-refractivity contribution in [2.45, 2.75) is 44.2 Å². The summed E-state index contributed by atoms with van der Waals surface area (Å²) >= 11 is 1.54. The molecule has 0 aromatic heterocycles. The topological polar surface area (TPSA) is 54.0 Å². The quantitative estimate of drug-likeness (QED) is 0.198. The van der Waals surface area contributed by atoms with E-state index < -0.39 is 17.7 Å². The van der Waals surface area contributed by atoms with Gasteiger partial charge in [-0.15, -0.1) is 11.8 Å². The lowest BCUT2D eigenvalue weighted by molar-refractivity contribution is -0.143. The number of rotatable bonds is 10. The molecular weight excluding hydrogens is 505 g/mol. The van der Waals surface area contributed by atoms with Crippen LogP contribution in [0.1, 0.15) is 36.1 Å². The van der Waals surface area contributed by atoms with Gasteiger partial charge in [-0.1, -0.05) is 44.2 Å². The minimum Gasteiger partial charge on any atom is -0.495 e. The lowest BCUT2D eigenvalue weighted by Crippen LogP contribution is -2.13. The Kier molecular flexibility index (Phi) is 11.7. The molecular formula is C28H31F3O5S. The van der Waals surface area contributed by atoms with Gasteiger partial charge in [0.05, 0.1) is 24.7 Å². The van der Waals surface area contributed by atoms with Crippen molar-refractivity contribution < 1.29 is 36.9 Å². The van der Waals surface area contributed by atoms with Gasteiger partial charge in [0.15, 0.2) is 6.61 Å². The number of hydrogen-bond acceptors (Lipinski definition) is 6. The van der Waals surface area contributed by atoms with E-state index in [9.17, 15) is 18.0 Å². The highest BCUT2D eigenvalue weighted by molar-refractivity contribution is 7.98. The fraction of sp³-hybridized carbons (Fsp3) is 0.321. The standard InChI is InChI=1S/C26H25F3O5S.C2H6/c1-17-12-24(23(31-2)13-22(17)34-15-25(30)32-3)35-16-19-6-4-5-7-21(19)33-14-18-8-10-20(11-9-18)26(27,28)29;1-2/h4-13H,14-16H2,1-3H3;1-2H3. The molecule has 0 aliphatic heterocycles. The van der Waals surface area contributed by atoms with Gasteiger partial charge in [0.1, 0.15) is 23.9 Å². The number of carbonyl (C=O) groups excluding carboxylic acids is 1. The number of esters is 1. The maximum absolute atomic E-state index is 12.8. The van der Waals surface area contributed by atoms with E-state index in [1.807, 2.05) is 51.1 Å². The normalized spacial score (nSPS) is 10.7. The van der Waals surface area contributed by atoms with E-state index in [2.05, 4.69) is 4.74 Å². The Labute approximate surface area is 219 Å². The molecule has 0 aliphatic carbocycles. The Bertz CT molecular complexity index is 1150. The second-order valence-corrected chi connectivity index (χ2v) is 8.53. The number of hydrogen-bond donors (Lipinski definition) is 0. The van der Waals surface area contributed by atoms with Crippen molar-refractivity contribution in [2.75, 3.05) is 20.8 Å². The molecule has 0 radical (unpaired) electrons. The molecule has 3 aromatic rings. The number of thioether (sulfide) groups is 1. The number of carbonyl (C=O) groups is 1. The molecule has 3 aromatic carbocycles. The lowest BCUT2D eigenvalue weighted by Gasteiger charge is -2.15. The SMILES string of the molecule is CC.COC(=O)COc1cc(OC)c(SCc2ccccc2OCc2ccc(C(F)(F)F)cc2)cc1C. The van der Waals surface area contributed by atoms with Crippen LogP contribution in [0.15, 0.2) is 65.6 Å². The average Bonchev–Trinajstić information content (AvgIpc) is 2.91. The van der Waals surface area contributed by atoms with Crippen molar-refractivity contribution in [1.29, 1.82) is 0 Å². The smallest absolute Gasteiger partial charge is 0.416 e. The molecule has 3 rings (SSSR count). The van der Waals surface area contributed by atoms with E-state index in [1.54, 1.807) is 13.2 Å². The zero-order valence-electron chi connectivity index (χ0n) is 21.5. The highest BCUT2D eigenvalue weighted by Crippen LogP contribution is 2.38. The summed E-state index contributed by atoms with van der Waals surface area (Å²) in [6.45, 7) is 5.82. The molecule has 5 nitrogen and oxygen atoms in total. The van der Waals surface area contributed by atoms with Gasteiger partial charge < -0.3 is 18.9 Å². The van der Waals surface area contributed by atoms with Gasteiger partial charge in [-0.25, -0.2) is 4.79 Å². The zero-order valence-corrected chi connectivity index (χ0v) is 22.3. The number of halogens is 3. The third kappa shape index (κ3) is 8.93. The highest BCUT2D eigenvalue weighted by Gasteiger charge is 2.29. The molecule has 0 saturated heterocycles. The molecule has 37 heavy (non-hydrogen) atoms. The number of aryl methyl sites for hydroxylation is 1. The molecule has 0 atom stereocenters. The molecule has 0 aliphatic rings. The number of benzene rings is 3. The van der Waals surface area contributed by atoms with Gasteiger partial charge in [0.25, 0.3) is 0 Å². The lowest BCUT2D eigenvalue weighted by atomic mass is 10.1. The van der Waals surface area contributed by atoms with E-state index in [0.29, 0.717) is 28.6 Å². The first-order valence-corrected chi connectivity index (χ1v) is 12.6. The van der Waals surface area contributed by atoms with Gasteiger partial charge in [-0.3, -0.25) is 0 Å². The molecule has 0 heterocycles. The summed E-state index contributed by atoms with van der Waals surface area (Å²) in [4.78, 5) is 12.3. The first-order valence-electron chi connectivity index (χ1n) is 11.6. The Morgan fingerprint density at radius 1 is 0.892 bits per heavy atom. The summed E-state index contributed by atoms with van der Waals surface area (Å²) in [6, 6.07) is 16.1. The highest BCUT2D eigenvalue weighted by atomic mass is 32.2. The van der Waals surface area contributed by atoms with E-state index >= 15 is 0 Å².